The number of rotatable bonds is 1. The molecule has 5 saturated heterocycles. The molecule has 5 aliphatic rings. The van der Waals surface area contributed by atoms with Gasteiger partial charge in [0.05, 0.1) is 12.6 Å². The number of hydrogen-bond acceptors (Lipinski definition) is 9. The highest BCUT2D eigenvalue weighted by Gasteiger charge is 2.70. The largest absolute Gasteiger partial charge is 0.511 e. The van der Waals surface area contributed by atoms with Gasteiger partial charge >= 0.3 is 6.16 Å². The number of carbonyl (C=O) groups excluding carboxylic acids is 1. The van der Waals surface area contributed by atoms with Crippen molar-refractivity contribution < 1.29 is 38.1 Å². The number of fused-ring (bicyclic) bond motifs is 5. The minimum absolute atomic E-state index is 0.239. The average Bonchev–Trinajstić information content (AvgIpc) is 3.16. The maximum absolute atomic E-state index is 11.4. The predicted molar refractivity (Wildman–Crippen MR) is 74.4 cm³/mol. The van der Waals surface area contributed by atoms with Gasteiger partial charge in [0, 0.05) is 0 Å². The third kappa shape index (κ3) is 2.06. The summed E-state index contributed by atoms with van der Waals surface area (Å²) in [5.41, 5.74) is 0. The molecule has 0 radical (unpaired) electrons. The molecule has 5 aliphatic heterocycles. The van der Waals surface area contributed by atoms with Crippen molar-refractivity contribution in [2.75, 3.05) is 6.61 Å². The van der Waals surface area contributed by atoms with E-state index < -0.39 is 30.1 Å². The fourth-order valence-electron chi connectivity index (χ4n) is 4.35. The van der Waals surface area contributed by atoms with Crippen molar-refractivity contribution in [2.45, 2.75) is 82.1 Å². The van der Waals surface area contributed by atoms with Gasteiger partial charge in [0.2, 0.25) is 0 Å². The summed E-state index contributed by atoms with van der Waals surface area (Å²) in [7, 11) is 0. The molecule has 5 heterocycles. The molecule has 0 unspecified atom stereocenters. The van der Waals surface area contributed by atoms with Gasteiger partial charge < -0.3 is 28.4 Å². The molecule has 0 aromatic carbocycles. The Labute approximate surface area is 138 Å². The predicted octanol–water partition coefficient (Wildman–Crippen LogP) is 0.517. The van der Waals surface area contributed by atoms with Crippen LogP contribution in [0, 0.1) is 0 Å². The molecule has 0 amide bonds. The zero-order valence-corrected chi connectivity index (χ0v) is 14.0. The zero-order valence-electron chi connectivity index (χ0n) is 14.0. The van der Waals surface area contributed by atoms with E-state index in [9.17, 15) is 4.79 Å². The highest BCUT2D eigenvalue weighted by molar-refractivity contribution is 5.62. The third-order valence-electron chi connectivity index (χ3n) is 5.11. The molecule has 134 valence electrons. The van der Waals surface area contributed by atoms with E-state index >= 15 is 0 Å². The lowest BCUT2D eigenvalue weighted by molar-refractivity contribution is -0.267. The Balaban J connectivity index is 1.48. The van der Waals surface area contributed by atoms with Gasteiger partial charge in [-0.25, -0.2) is 9.63 Å². The second-order valence-electron chi connectivity index (χ2n) is 7.70. The number of carbonyl (C=O) groups is 1. The van der Waals surface area contributed by atoms with Crippen molar-refractivity contribution >= 4 is 6.16 Å². The van der Waals surface area contributed by atoms with Crippen molar-refractivity contribution in [3.63, 3.8) is 0 Å². The van der Waals surface area contributed by atoms with Crippen LogP contribution < -0.4 is 0 Å². The van der Waals surface area contributed by atoms with E-state index in [0.717, 1.165) is 0 Å². The van der Waals surface area contributed by atoms with Crippen LogP contribution in [0.25, 0.3) is 0 Å². The van der Waals surface area contributed by atoms with Crippen LogP contribution in [-0.4, -0.2) is 72.2 Å². The molecule has 9 nitrogen and oxygen atoms in total. The van der Waals surface area contributed by atoms with E-state index in [-0.39, 0.29) is 30.4 Å². The quantitative estimate of drug-likeness (QED) is 0.632. The summed E-state index contributed by atoms with van der Waals surface area (Å²) < 4.78 is 34.3. The van der Waals surface area contributed by atoms with E-state index in [2.05, 4.69) is 0 Å². The van der Waals surface area contributed by atoms with Crippen molar-refractivity contribution in [3.8, 4) is 0 Å². The first-order valence-corrected chi connectivity index (χ1v) is 8.24. The second kappa shape index (κ2) is 4.60. The molecule has 5 fully saturated rings. The smallest absolute Gasteiger partial charge is 0.422 e. The molecule has 0 bridgehead atoms. The topological polar surface area (TPSA) is 84.9 Å². The second-order valence-corrected chi connectivity index (χ2v) is 7.70. The van der Waals surface area contributed by atoms with E-state index in [1.54, 1.807) is 5.06 Å². The lowest BCUT2D eigenvalue weighted by atomic mass is 10.0. The Morgan fingerprint density at radius 2 is 1.62 bits per heavy atom. The van der Waals surface area contributed by atoms with Crippen LogP contribution in [0.5, 0.6) is 0 Å². The van der Waals surface area contributed by atoms with Crippen LogP contribution in [0.4, 0.5) is 4.79 Å². The Kier molecular flexibility index (Phi) is 2.93. The van der Waals surface area contributed by atoms with Gasteiger partial charge in [-0.15, -0.1) is 0 Å². The van der Waals surface area contributed by atoms with Crippen LogP contribution in [0.2, 0.25) is 0 Å². The minimum Gasteiger partial charge on any atom is -0.422 e. The standard InChI is InChI=1S/C15H21NO8/c1-14(2)18-5-6(21-14)7-9-10(23-15(3,4)22-9)8-11-12(24-16(7)8)20-13(17)19-11/h6-12H,5H2,1-4H3/t6-,7+,8-,9+,10-,11-,12+/m1/s1. The minimum atomic E-state index is -0.756. The summed E-state index contributed by atoms with van der Waals surface area (Å²) in [5, 5.41) is 1.77. The molecule has 0 spiro atoms. The fourth-order valence-corrected chi connectivity index (χ4v) is 4.35. The van der Waals surface area contributed by atoms with E-state index in [1.807, 2.05) is 27.7 Å². The van der Waals surface area contributed by atoms with Crippen LogP contribution >= 0.6 is 0 Å². The molecule has 0 aromatic rings. The SMILES string of the molecule is CC1(C)O[C@@H]2[C@H](O1)[C@@H]1[C@H]3OC(=O)O[C@H]3ON1[C@H]2[C@H]1COC(C)(C)O1. The monoisotopic (exact) mass is 343 g/mol. The molecule has 0 saturated carbocycles. The molecule has 0 aromatic heterocycles. The summed E-state index contributed by atoms with van der Waals surface area (Å²) in [5.74, 6) is -1.39. The van der Waals surface area contributed by atoms with Crippen molar-refractivity contribution in [1.29, 1.82) is 0 Å². The van der Waals surface area contributed by atoms with Gasteiger partial charge in [-0.3, -0.25) is 0 Å². The van der Waals surface area contributed by atoms with Crippen LogP contribution in [0.15, 0.2) is 0 Å². The summed E-state index contributed by atoms with van der Waals surface area (Å²) >= 11 is 0. The van der Waals surface area contributed by atoms with E-state index in [4.69, 9.17) is 33.3 Å². The molecule has 9 heteroatoms. The molecule has 0 N–H and O–H groups in total. The first kappa shape index (κ1) is 15.3. The number of nitrogens with zero attached hydrogens (tertiary/aromatic N) is 1. The molecule has 7 atom stereocenters. The van der Waals surface area contributed by atoms with Crippen molar-refractivity contribution in [3.05, 3.63) is 0 Å². The van der Waals surface area contributed by atoms with Gasteiger partial charge in [0.15, 0.2) is 17.7 Å². The highest BCUT2D eigenvalue weighted by atomic mass is 16.9. The van der Waals surface area contributed by atoms with Gasteiger partial charge in [-0.1, -0.05) is 0 Å². The molecular formula is C15H21NO8. The van der Waals surface area contributed by atoms with E-state index in [1.165, 1.54) is 0 Å². The van der Waals surface area contributed by atoms with Crippen molar-refractivity contribution in [1.82, 2.24) is 5.06 Å². The summed E-state index contributed by atoms with van der Waals surface area (Å²) in [6.45, 7) is 7.90. The molecule has 5 rings (SSSR count). The molecule has 0 aliphatic carbocycles. The summed E-state index contributed by atoms with van der Waals surface area (Å²) in [6, 6.07) is -0.540. The normalized spacial score (nSPS) is 51.2. The number of ether oxygens (including phenoxy) is 6. The maximum Gasteiger partial charge on any atom is 0.511 e. The Morgan fingerprint density at radius 3 is 2.29 bits per heavy atom. The summed E-state index contributed by atoms with van der Waals surface area (Å²) in [4.78, 5) is 17.3. The average molecular weight is 343 g/mol. The van der Waals surface area contributed by atoms with Gasteiger partial charge in [-0.05, 0) is 27.7 Å². The van der Waals surface area contributed by atoms with Crippen LogP contribution in [0.3, 0.4) is 0 Å². The third-order valence-corrected chi connectivity index (χ3v) is 5.11. The van der Waals surface area contributed by atoms with Gasteiger partial charge in [0.1, 0.15) is 24.4 Å². The summed E-state index contributed by atoms with van der Waals surface area (Å²) in [6.07, 6.45) is -2.83. The number of hydroxylamine groups is 2. The molecule has 24 heavy (non-hydrogen) atoms. The lowest BCUT2D eigenvalue weighted by Gasteiger charge is -2.31. The van der Waals surface area contributed by atoms with E-state index in [0.29, 0.717) is 6.61 Å². The first-order chi connectivity index (χ1) is 11.2. The van der Waals surface area contributed by atoms with Crippen LogP contribution in [-0.2, 0) is 33.3 Å². The van der Waals surface area contributed by atoms with Gasteiger partial charge in [0.25, 0.3) is 6.29 Å². The van der Waals surface area contributed by atoms with Gasteiger partial charge in [-0.2, -0.15) is 5.06 Å². The Bertz CT molecular complexity index is 580. The Morgan fingerprint density at radius 1 is 0.917 bits per heavy atom. The fraction of sp³-hybridized carbons (Fsp3) is 0.933. The highest BCUT2D eigenvalue weighted by Crippen LogP contribution is 2.49. The Hall–Kier alpha value is -0.970. The number of hydrogen-bond donors (Lipinski definition) is 0. The van der Waals surface area contributed by atoms with Crippen LogP contribution in [0.1, 0.15) is 27.7 Å². The zero-order chi connectivity index (χ0) is 16.9. The van der Waals surface area contributed by atoms with Crippen molar-refractivity contribution in [2.24, 2.45) is 0 Å². The lowest BCUT2D eigenvalue weighted by Crippen LogP contribution is -2.48. The maximum atomic E-state index is 11.4. The first-order valence-electron chi connectivity index (χ1n) is 8.24. The molecular weight excluding hydrogens is 322 g/mol.